The van der Waals surface area contributed by atoms with E-state index >= 15 is 0 Å². The topological polar surface area (TPSA) is 85.0 Å². The maximum atomic E-state index is 12.9. The molecule has 3 rings (SSSR count). The van der Waals surface area contributed by atoms with Crippen molar-refractivity contribution in [1.82, 2.24) is 29.8 Å². The number of amides is 2. The highest BCUT2D eigenvalue weighted by atomic mass is 16.2. The molecule has 2 aromatic heterocycles. The molecule has 0 aliphatic carbocycles. The van der Waals surface area contributed by atoms with Crippen LogP contribution in [0.2, 0.25) is 0 Å². The van der Waals surface area contributed by atoms with Gasteiger partial charge in [-0.1, -0.05) is 0 Å². The molecule has 0 aromatic carbocycles. The Bertz CT molecular complexity index is 855. The molecule has 28 heavy (non-hydrogen) atoms. The third kappa shape index (κ3) is 4.26. The van der Waals surface area contributed by atoms with Gasteiger partial charge < -0.3 is 10.2 Å². The molecule has 1 atom stereocenters. The largest absolute Gasteiger partial charge is 0.354 e. The van der Waals surface area contributed by atoms with Crippen LogP contribution >= 0.6 is 0 Å². The van der Waals surface area contributed by atoms with Gasteiger partial charge in [0, 0.05) is 38.1 Å². The maximum absolute atomic E-state index is 12.9. The zero-order chi connectivity index (χ0) is 20.3. The van der Waals surface area contributed by atoms with Crippen molar-refractivity contribution in [2.75, 3.05) is 19.6 Å². The first-order chi connectivity index (χ1) is 13.3. The monoisotopic (exact) mass is 386 g/mol. The van der Waals surface area contributed by atoms with Crippen molar-refractivity contribution in [1.29, 1.82) is 0 Å². The fourth-order valence-electron chi connectivity index (χ4n) is 3.80. The average Bonchev–Trinajstić information content (AvgIpc) is 3.27. The molecular formula is C20H30N6O2. The molecule has 1 unspecified atom stereocenters. The number of carbonyl (C=O) groups is 2. The van der Waals surface area contributed by atoms with Crippen LogP contribution in [0.1, 0.15) is 48.6 Å². The second-order valence-corrected chi connectivity index (χ2v) is 7.85. The molecule has 0 bridgehead atoms. The van der Waals surface area contributed by atoms with E-state index in [-0.39, 0.29) is 11.8 Å². The number of likely N-dealkylation sites (tertiary alicyclic amines) is 1. The summed E-state index contributed by atoms with van der Waals surface area (Å²) in [6.07, 6.45) is 3.38. The van der Waals surface area contributed by atoms with Gasteiger partial charge in [-0.2, -0.15) is 10.2 Å². The van der Waals surface area contributed by atoms with E-state index in [0.717, 1.165) is 30.8 Å². The molecule has 1 saturated heterocycles. The van der Waals surface area contributed by atoms with E-state index in [1.165, 1.54) is 0 Å². The molecule has 0 saturated carbocycles. The van der Waals surface area contributed by atoms with Crippen LogP contribution in [-0.4, -0.2) is 55.9 Å². The number of hydrogen-bond acceptors (Lipinski definition) is 4. The summed E-state index contributed by atoms with van der Waals surface area (Å²) >= 11 is 0. The van der Waals surface area contributed by atoms with Crippen LogP contribution in [0.5, 0.6) is 0 Å². The Morgan fingerprint density at radius 3 is 2.71 bits per heavy atom. The lowest BCUT2D eigenvalue weighted by Crippen LogP contribution is -2.52. The van der Waals surface area contributed by atoms with Crippen LogP contribution in [0.4, 0.5) is 0 Å². The number of nitrogens with one attached hydrogen (secondary N) is 1. The lowest BCUT2D eigenvalue weighted by molar-refractivity contribution is -0.132. The second-order valence-electron chi connectivity index (χ2n) is 7.85. The first-order valence-corrected chi connectivity index (χ1v) is 9.94. The molecule has 1 aliphatic heterocycles. The van der Waals surface area contributed by atoms with Gasteiger partial charge >= 0.3 is 0 Å². The zero-order valence-corrected chi connectivity index (χ0v) is 17.2. The minimum atomic E-state index is -0.587. The normalized spacial score (nSPS) is 19.6. The van der Waals surface area contributed by atoms with Gasteiger partial charge in [0.05, 0.1) is 17.7 Å². The van der Waals surface area contributed by atoms with E-state index in [0.29, 0.717) is 31.9 Å². The van der Waals surface area contributed by atoms with Crippen molar-refractivity contribution >= 4 is 11.8 Å². The number of rotatable bonds is 6. The summed E-state index contributed by atoms with van der Waals surface area (Å²) in [4.78, 5) is 27.4. The Hall–Kier alpha value is -2.64. The summed E-state index contributed by atoms with van der Waals surface area (Å²) in [5, 5.41) is 11.8. The van der Waals surface area contributed by atoms with Crippen LogP contribution in [0, 0.1) is 19.3 Å². The van der Waals surface area contributed by atoms with E-state index in [2.05, 4.69) is 15.5 Å². The predicted octanol–water partition coefficient (Wildman–Crippen LogP) is 1.78. The van der Waals surface area contributed by atoms with Gasteiger partial charge in [-0.15, -0.1) is 0 Å². The van der Waals surface area contributed by atoms with Crippen LogP contribution in [-0.2, 0) is 17.9 Å². The minimum absolute atomic E-state index is 0.00869. The van der Waals surface area contributed by atoms with Gasteiger partial charge in [0.25, 0.3) is 5.91 Å². The number of aromatic nitrogens is 4. The van der Waals surface area contributed by atoms with Gasteiger partial charge in [-0.3, -0.25) is 19.0 Å². The highest BCUT2D eigenvalue weighted by Gasteiger charge is 2.39. The quantitative estimate of drug-likeness (QED) is 0.820. The van der Waals surface area contributed by atoms with E-state index in [4.69, 9.17) is 0 Å². The molecule has 0 spiro atoms. The lowest BCUT2D eigenvalue weighted by Gasteiger charge is -2.39. The molecule has 2 aromatic rings. The number of carbonyl (C=O) groups excluding carboxylic acids is 2. The zero-order valence-electron chi connectivity index (χ0n) is 17.2. The summed E-state index contributed by atoms with van der Waals surface area (Å²) in [7, 11) is 0. The van der Waals surface area contributed by atoms with E-state index in [1.807, 2.05) is 44.6 Å². The van der Waals surface area contributed by atoms with Crippen LogP contribution in [0.15, 0.2) is 18.3 Å². The Morgan fingerprint density at radius 1 is 1.29 bits per heavy atom. The Balaban J connectivity index is 1.58. The number of hydrogen-bond donors (Lipinski definition) is 1. The first kappa shape index (κ1) is 20.1. The highest BCUT2D eigenvalue weighted by molar-refractivity contribution is 5.93. The van der Waals surface area contributed by atoms with Crippen molar-refractivity contribution < 1.29 is 9.59 Å². The summed E-state index contributed by atoms with van der Waals surface area (Å²) in [5.41, 5.74) is 1.91. The molecular weight excluding hydrogens is 356 g/mol. The van der Waals surface area contributed by atoms with Crippen LogP contribution in [0.25, 0.3) is 0 Å². The van der Waals surface area contributed by atoms with Gasteiger partial charge in [0.1, 0.15) is 5.69 Å². The van der Waals surface area contributed by atoms with Gasteiger partial charge in [0.15, 0.2) is 0 Å². The molecule has 8 heteroatoms. The summed E-state index contributed by atoms with van der Waals surface area (Å²) < 4.78 is 3.64. The van der Waals surface area contributed by atoms with Crippen molar-refractivity contribution in [3.05, 3.63) is 35.4 Å². The van der Waals surface area contributed by atoms with Crippen molar-refractivity contribution in [3.63, 3.8) is 0 Å². The summed E-state index contributed by atoms with van der Waals surface area (Å²) in [6.45, 7) is 10.8. The van der Waals surface area contributed by atoms with E-state index < -0.39 is 5.41 Å². The van der Waals surface area contributed by atoms with Gasteiger partial charge in [-0.25, -0.2) is 0 Å². The lowest BCUT2D eigenvalue weighted by atomic mass is 9.81. The molecule has 1 N–H and O–H groups in total. The summed E-state index contributed by atoms with van der Waals surface area (Å²) in [5.74, 6) is -0.112. The average molecular weight is 387 g/mol. The molecule has 8 nitrogen and oxygen atoms in total. The molecule has 3 heterocycles. The minimum Gasteiger partial charge on any atom is -0.354 e. The van der Waals surface area contributed by atoms with E-state index in [1.54, 1.807) is 15.6 Å². The first-order valence-electron chi connectivity index (χ1n) is 9.94. The Labute approximate surface area is 165 Å². The molecule has 152 valence electrons. The van der Waals surface area contributed by atoms with E-state index in [9.17, 15) is 9.59 Å². The third-order valence-electron chi connectivity index (χ3n) is 5.43. The summed E-state index contributed by atoms with van der Waals surface area (Å²) in [6, 6.07) is 3.76. The predicted molar refractivity (Wildman–Crippen MR) is 106 cm³/mol. The molecule has 0 radical (unpaired) electrons. The van der Waals surface area contributed by atoms with Gasteiger partial charge in [-0.05, 0) is 52.7 Å². The highest BCUT2D eigenvalue weighted by Crippen LogP contribution is 2.30. The SMILES string of the molecule is CCn1ccc(C(=O)N2CCCC(C)(C(=O)NCCn3nc(C)cc3C)C2)n1. The third-order valence-corrected chi connectivity index (χ3v) is 5.43. The smallest absolute Gasteiger partial charge is 0.274 e. The molecule has 1 aliphatic rings. The fraction of sp³-hybridized carbons (Fsp3) is 0.600. The fourth-order valence-corrected chi connectivity index (χ4v) is 3.80. The second kappa shape index (κ2) is 8.16. The van der Waals surface area contributed by atoms with Gasteiger partial charge in [0.2, 0.25) is 5.91 Å². The standard InChI is InChI=1S/C20H30N6O2/c1-5-25-11-7-17(23-25)18(27)24-10-6-8-20(4,14-24)19(28)21-9-12-26-16(3)13-15(2)22-26/h7,11,13H,5-6,8-10,12,14H2,1-4H3,(H,21,28). The van der Waals surface area contributed by atoms with Crippen molar-refractivity contribution in [3.8, 4) is 0 Å². The van der Waals surface area contributed by atoms with Crippen molar-refractivity contribution in [2.45, 2.75) is 53.6 Å². The number of aryl methyl sites for hydroxylation is 3. The Kier molecular flexibility index (Phi) is 5.86. The molecule has 1 fully saturated rings. The van der Waals surface area contributed by atoms with Crippen molar-refractivity contribution in [2.24, 2.45) is 5.41 Å². The molecule has 2 amide bonds. The van der Waals surface area contributed by atoms with Crippen LogP contribution in [0.3, 0.4) is 0 Å². The number of nitrogens with zero attached hydrogens (tertiary/aromatic N) is 5. The number of piperidine rings is 1. The maximum Gasteiger partial charge on any atom is 0.274 e. The van der Waals surface area contributed by atoms with Crippen LogP contribution < -0.4 is 5.32 Å². The Morgan fingerprint density at radius 2 is 2.07 bits per heavy atom.